The molecule has 0 atom stereocenters. The summed E-state index contributed by atoms with van der Waals surface area (Å²) < 4.78 is 6.08. The highest BCUT2D eigenvalue weighted by molar-refractivity contribution is 8.12. The monoisotopic (exact) mass is 352 g/mol. The first-order valence-corrected chi connectivity index (χ1v) is 7.98. The van der Waals surface area contributed by atoms with Crippen LogP contribution >= 0.6 is 61.0 Å². The Labute approximate surface area is 137 Å². The van der Waals surface area contributed by atoms with Gasteiger partial charge in [-0.3, -0.25) is 0 Å². The molecule has 2 heterocycles. The summed E-state index contributed by atoms with van der Waals surface area (Å²) in [6, 6.07) is 0. The van der Waals surface area contributed by atoms with Gasteiger partial charge in [-0.25, -0.2) is 4.98 Å². The zero-order chi connectivity index (χ0) is 13.8. The quantitative estimate of drug-likeness (QED) is 0.477. The van der Waals surface area contributed by atoms with E-state index in [1.807, 2.05) is 10.4 Å². The van der Waals surface area contributed by atoms with Crippen LogP contribution in [0.25, 0.3) is 0 Å². The zero-order valence-corrected chi connectivity index (χ0v) is 14.0. The molecule has 0 unspecified atom stereocenters. The van der Waals surface area contributed by atoms with Gasteiger partial charge in [-0.15, -0.1) is 36.6 Å². The third kappa shape index (κ3) is 3.78. The third-order valence-corrected chi connectivity index (χ3v) is 3.85. The van der Waals surface area contributed by atoms with E-state index < -0.39 is 0 Å². The van der Waals surface area contributed by atoms with E-state index in [9.17, 15) is 0 Å². The molecule has 0 amide bonds. The molecule has 5 nitrogen and oxygen atoms in total. The molecule has 10 heteroatoms. The van der Waals surface area contributed by atoms with Crippen molar-refractivity contribution in [1.29, 1.82) is 0 Å². The molecule has 104 valence electrons. The maximum atomic E-state index is 5.34. The first kappa shape index (κ1) is 15.4. The lowest BCUT2D eigenvalue weighted by atomic mass is 10.5. The lowest BCUT2D eigenvalue weighted by Gasteiger charge is -2.42. The van der Waals surface area contributed by atoms with Crippen LogP contribution in [0.1, 0.15) is 0 Å². The first-order chi connectivity index (χ1) is 9.11. The average Bonchev–Trinajstić information content (AvgIpc) is 2.89. The number of morpholine rings is 1. The van der Waals surface area contributed by atoms with E-state index in [1.165, 1.54) is 11.3 Å². The normalized spacial score (nSPS) is 16.1. The van der Waals surface area contributed by atoms with E-state index in [0.717, 1.165) is 0 Å². The molecule has 1 aromatic heterocycles. The average molecular weight is 353 g/mol. The minimum absolute atomic E-state index is 0.359. The molecule has 1 aliphatic rings. The van der Waals surface area contributed by atoms with Gasteiger partial charge >= 0.3 is 0 Å². The number of hydrogen-bond acceptors (Lipinski definition) is 6. The van der Waals surface area contributed by atoms with Crippen LogP contribution in [0.4, 0.5) is 5.13 Å². The van der Waals surface area contributed by atoms with Crippen LogP contribution in [0.15, 0.2) is 11.6 Å². The maximum Gasteiger partial charge on any atom is 0.211 e. The Hall–Kier alpha value is 0.0300. The number of ether oxygens (including phenoxy) is 1. The minimum Gasteiger partial charge on any atom is -0.379 e. The summed E-state index contributed by atoms with van der Waals surface area (Å²) in [7, 11) is 0. The summed E-state index contributed by atoms with van der Waals surface area (Å²) in [6.45, 7) is 2.69. The van der Waals surface area contributed by atoms with Crippen molar-refractivity contribution in [2.75, 3.05) is 31.3 Å². The Bertz CT molecular complexity index is 447. The standard InChI is InChI=1S/C9H12N4OS5/c15-8(16)12(7-10-1-6-19-7)13(9(17)18)11-2-4-14-5-3-11/h1,6H,2-5H2,(H,15,16)(H,17,18). The number of thiazole rings is 1. The number of aromatic nitrogens is 1. The van der Waals surface area contributed by atoms with E-state index in [-0.39, 0.29) is 0 Å². The van der Waals surface area contributed by atoms with Gasteiger partial charge in [0, 0.05) is 24.7 Å². The molecular formula is C9H12N4OS5. The second kappa shape index (κ2) is 7.16. The molecule has 0 N–H and O–H groups in total. The third-order valence-electron chi connectivity index (χ3n) is 2.40. The number of hydrogen-bond donors (Lipinski definition) is 2. The molecule has 0 aliphatic carbocycles. The molecular weight excluding hydrogens is 340 g/mol. The SMILES string of the molecule is S=C(S)N(c1nccs1)N(C(=S)S)N1CCOCC1. The molecule has 0 spiro atoms. The zero-order valence-electron chi connectivity index (χ0n) is 9.80. The van der Waals surface area contributed by atoms with Crippen LogP contribution in [0.3, 0.4) is 0 Å². The van der Waals surface area contributed by atoms with E-state index >= 15 is 0 Å². The second-order valence-electron chi connectivity index (χ2n) is 3.55. The lowest BCUT2D eigenvalue weighted by molar-refractivity contribution is -0.0455. The Morgan fingerprint density at radius 3 is 2.47 bits per heavy atom. The first-order valence-electron chi connectivity index (χ1n) is 5.39. The predicted octanol–water partition coefficient (Wildman–Crippen LogP) is 1.84. The minimum atomic E-state index is 0.359. The van der Waals surface area contributed by atoms with Crippen molar-refractivity contribution in [3.8, 4) is 0 Å². The Morgan fingerprint density at radius 1 is 1.32 bits per heavy atom. The van der Waals surface area contributed by atoms with Gasteiger partial charge in [-0.05, 0) is 12.2 Å². The van der Waals surface area contributed by atoms with Crippen LogP contribution in [-0.2, 0) is 4.74 Å². The highest BCUT2D eigenvalue weighted by Crippen LogP contribution is 2.24. The van der Waals surface area contributed by atoms with Gasteiger partial charge in [0.2, 0.25) is 5.13 Å². The molecule has 1 saturated heterocycles. The number of hydrazine groups is 2. The number of rotatable bonds is 2. The van der Waals surface area contributed by atoms with Gasteiger partial charge in [0.15, 0.2) is 8.64 Å². The summed E-state index contributed by atoms with van der Waals surface area (Å²) in [6.07, 6.45) is 1.71. The highest BCUT2D eigenvalue weighted by Gasteiger charge is 2.29. The molecule has 1 fully saturated rings. The van der Waals surface area contributed by atoms with Gasteiger partial charge < -0.3 is 4.74 Å². The maximum absolute atomic E-state index is 5.34. The molecule has 0 radical (unpaired) electrons. The summed E-state index contributed by atoms with van der Waals surface area (Å²) in [5.74, 6) is 0. The fourth-order valence-corrected chi connectivity index (χ4v) is 3.16. The summed E-state index contributed by atoms with van der Waals surface area (Å²) in [4.78, 5) is 4.25. The Balaban J connectivity index is 2.29. The van der Waals surface area contributed by atoms with Crippen molar-refractivity contribution < 1.29 is 4.74 Å². The van der Waals surface area contributed by atoms with E-state index in [4.69, 9.17) is 29.2 Å². The summed E-state index contributed by atoms with van der Waals surface area (Å²) in [5, 5.41) is 7.97. The summed E-state index contributed by atoms with van der Waals surface area (Å²) in [5.41, 5.74) is 0. The highest BCUT2D eigenvalue weighted by atomic mass is 32.1. The number of anilines is 1. The van der Waals surface area contributed by atoms with Crippen LogP contribution in [0.5, 0.6) is 0 Å². The molecule has 0 bridgehead atoms. The number of thiocarbonyl (C=S) groups is 2. The molecule has 1 aliphatic heterocycles. The van der Waals surface area contributed by atoms with Crippen molar-refractivity contribution in [2.45, 2.75) is 0 Å². The smallest absolute Gasteiger partial charge is 0.211 e. The van der Waals surface area contributed by atoms with Crippen LogP contribution in [-0.4, -0.2) is 50.1 Å². The second-order valence-corrected chi connectivity index (χ2v) is 6.65. The van der Waals surface area contributed by atoms with E-state index in [2.05, 4.69) is 30.2 Å². The fourth-order valence-electron chi connectivity index (χ4n) is 1.64. The van der Waals surface area contributed by atoms with Gasteiger partial charge in [0.25, 0.3) is 0 Å². The van der Waals surface area contributed by atoms with Crippen LogP contribution in [0.2, 0.25) is 0 Å². The van der Waals surface area contributed by atoms with Gasteiger partial charge in [-0.2, -0.15) is 15.1 Å². The fraction of sp³-hybridized carbons (Fsp3) is 0.444. The van der Waals surface area contributed by atoms with Gasteiger partial charge in [0.05, 0.1) is 13.2 Å². The Kier molecular flexibility index (Phi) is 5.81. The van der Waals surface area contributed by atoms with Crippen LogP contribution in [0, 0.1) is 0 Å². The number of nitrogens with zero attached hydrogens (tertiary/aromatic N) is 4. The molecule has 0 saturated carbocycles. The van der Waals surface area contributed by atoms with Gasteiger partial charge in [-0.1, -0.05) is 12.2 Å². The van der Waals surface area contributed by atoms with Crippen LogP contribution < -0.4 is 5.01 Å². The largest absolute Gasteiger partial charge is 0.379 e. The van der Waals surface area contributed by atoms with E-state index in [1.54, 1.807) is 16.3 Å². The molecule has 19 heavy (non-hydrogen) atoms. The number of thiol groups is 2. The van der Waals surface area contributed by atoms with E-state index in [0.29, 0.717) is 40.1 Å². The predicted molar refractivity (Wildman–Crippen MR) is 92.0 cm³/mol. The summed E-state index contributed by atoms with van der Waals surface area (Å²) >= 11 is 20.4. The molecule has 0 aromatic carbocycles. The Morgan fingerprint density at radius 2 is 2.00 bits per heavy atom. The van der Waals surface area contributed by atoms with Crippen molar-refractivity contribution in [2.24, 2.45) is 0 Å². The molecule has 2 rings (SSSR count). The van der Waals surface area contributed by atoms with Crippen molar-refractivity contribution in [3.63, 3.8) is 0 Å². The van der Waals surface area contributed by atoms with Gasteiger partial charge in [0.1, 0.15) is 0 Å². The van der Waals surface area contributed by atoms with Crippen molar-refractivity contribution in [3.05, 3.63) is 11.6 Å². The molecule has 1 aromatic rings. The lowest BCUT2D eigenvalue weighted by Crippen LogP contribution is -2.58. The topological polar surface area (TPSA) is 31.8 Å². The van der Waals surface area contributed by atoms with Crippen molar-refractivity contribution in [1.82, 2.24) is 15.1 Å². The van der Waals surface area contributed by atoms with Crippen molar-refractivity contribution >= 4 is 74.8 Å².